The van der Waals surface area contributed by atoms with Gasteiger partial charge in [-0.3, -0.25) is 0 Å². The first kappa shape index (κ1) is 12.0. The van der Waals surface area contributed by atoms with E-state index in [1.165, 1.54) is 0 Å². The van der Waals surface area contributed by atoms with Crippen LogP contribution >= 0.6 is 0 Å². The summed E-state index contributed by atoms with van der Waals surface area (Å²) >= 11 is 0. The van der Waals surface area contributed by atoms with Gasteiger partial charge in [-0.15, -0.1) is 0 Å². The molecule has 15 heavy (non-hydrogen) atoms. The molecule has 3 nitrogen and oxygen atoms in total. The summed E-state index contributed by atoms with van der Waals surface area (Å²) in [7, 11) is -3.19. The number of para-hydroxylation sites is 1. The van der Waals surface area contributed by atoms with E-state index in [9.17, 15) is 8.42 Å². The molecule has 2 N–H and O–H groups in total. The molecule has 0 unspecified atom stereocenters. The highest BCUT2D eigenvalue weighted by atomic mass is 32.2. The molecule has 0 spiro atoms. The van der Waals surface area contributed by atoms with Gasteiger partial charge in [-0.2, -0.15) is 0 Å². The Bertz CT molecular complexity index is 412. The molecule has 84 valence electrons. The Morgan fingerprint density at radius 2 is 1.87 bits per heavy atom. The van der Waals surface area contributed by atoms with Crippen molar-refractivity contribution in [2.45, 2.75) is 31.1 Å². The largest absolute Gasteiger partial charge is 0.398 e. The number of benzene rings is 1. The number of nitrogens with two attached hydrogens (primary N) is 1. The molecule has 0 saturated carbocycles. The van der Waals surface area contributed by atoms with Gasteiger partial charge in [-0.05, 0) is 18.6 Å². The van der Waals surface area contributed by atoms with Crippen molar-refractivity contribution in [1.29, 1.82) is 0 Å². The van der Waals surface area contributed by atoms with Crippen molar-refractivity contribution in [3.8, 4) is 0 Å². The molecule has 0 fully saturated rings. The zero-order valence-electron chi connectivity index (χ0n) is 8.94. The SMILES string of the molecule is CCCCCS(=O)(=O)c1ccccc1N. The molecule has 0 saturated heterocycles. The van der Waals surface area contributed by atoms with Gasteiger partial charge >= 0.3 is 0 Å². The quantitative estimate of drug-likeness (QED) is 0.620. The summed E-state index contributed by atoms with van der Waals surface area (Å²) in [6.07, 6.45) is 2.65. The average molecular weight is 227 g/mol. The highest BCUT2D eigenvalue weighted by Crippen LogP contribution is 2.19. The predicted molar refractivity (Wildman–Crippen MR) is 62.4 cm³/mol. The first-order chi connectivity index (χ1) is 7.08. The number of nitrogen functional groups attached to an aromatic ring is 1. The number of hydrogen-bond donors (Lipinski definition) is 1. The van der Waals surface area contributed by atoms with E-state index in [1.807, 2.05) is 6.92 Å². The van der Waals surface area contributed by atoms with E-state index in [1.54, 1.807) is 24.3 Å². The Balaban J connectivity index is 2.83. The summed E-state index contributed by atoms with van der Waals surface area (Å²) in [6.45, 7) is 2.05. The number of hydrogen-bond acceptors (Lipinski definition) is 3. The first-order valence-electron chi connectivity index (χ1n) is 5.15. The fourth-order valence-corrected chi connectivity index (χ4v) is 2.93. The Labute approximate surface area is 91.2 Å². The van der Waals surface area contributed by atoms with Gasteiger partial charge in [0.05, 0.1) is 16.3 Å². The van der Waals surface area contributed by atoms with Crippen LogP contribution in [0.3, 0.4) is 0 Å². The maximum atomic E-state index is 11.8. The number of rotatable bonds is 5. The number of unbranched alkanes of at least 4 members (excludes halogenated alkanes) is 2. The molecule has 0 radical (unpaired) electrons. The number of sulfone groups is 1. The highest BCUT2D eigenvalue weighted by Gasteiger charge is 2.15. The standard InChI is InChI=1S/C11H17NO2S/c1-2-3-6-9-15(13,14)11-8-5-4-7-10(11)12/h4-5,7-8H,2-3,6,9,12H2,1H3. The third-order valence-corrected chi connectivity index (χ3v) is 4.14. The minimum atomic E-state index is -3.19. The molecule has 0 aliphatic rings. The molecule has 0 bridgehead atoms. The average Bonchev–Trinajstić information content (AvgIpc) is 2.18. The smallest absolute Gasteiger partial charge is 0.180 e. The van der Waals surface area contributed by atoms with E-state index < -0.39 is 9.84 Å². The lowest BCUT2D eigenvalue weighted by atomic mass is 10.3. The Morgan fingerprint density at radius 3 is 2.47 bits per heavy atom. The van der Waals surface area contributed by atoms with Crippen molar-refractivity contribution in [2.75, 3.05) is 11.5 Å². The van der Waals surface area contributed by atoms with Crippen LogP contribution in [0, 0.1) is 0 Å². The van der Waals surface area contributed by atoms with Gasteiger partial charge in [0.1, 0.15) is 0 Å². The minimum Gasteiger partial charge on any atom is -0.398 e. The van der Waals surface area contributed by atoms with E-state index >= 15 is 0 Å². The van der Waals surface area contributed by atoms with Crippen LogP contribution < -0.4 is 5.73 Å². The summed E-state index contributed by atoms with van der Waals surface area (Å²) < 4.78 is 23.7. The molecule has 1 rings (SSSR count). The van der Waals surface area contributed by atoms with Crippen LogP contribution in [0.1, 0.15) is 26.2 Å². The Morgan fingerprint density at radius 1 is 1.20 bits per heavy atom. The van der Waals surface area contributed by atoms with Gasteiger partial charge < -0.3 is 5.73 Å². The fourth-order valence-electron chi connectivity index (χ4n) is 1.42. The maximum absolute atomic E-state index is 11.8. The second-order valence-corrected chi connectivity index (χ2v) is 5.64. The molecule has 0 amide bonds. The molecule has 4 heteroatoms. The molecular formula is C11H17NO2S. The molecule has 0 atom stereocenters. The second-order valence-electron chi connectivity index (χ2n) is 3.56. The van der Waals surface area contributed by atoms with Gasteiger partial charge in [-0.25, -0.2) is 8.42 Å². The van der Waals surface area contributed by atoms with Crippen LogP contribution in [0.4, 0.5) is 5.69 Å². The van der Waals surface area contributed by atoms with Crippen LogP contribution in [-0.2, 0) is 9.84 Å². The highest BCUT2D eigenvalue weighted by molar-refractivity contribution is 7.91. The molecule has 0 aliphatic carbocycles. The molecule has 1 aromatic carbocycles. The summed E-state index contributed by atoms with van der Waals surface area (Å²) in [5.41, 5.74) is 5.97. The van der Waals surface area contributed by atoms with Crippen molar-refractivity contribution in [2.24, 2.45) is 0 Å². The van der Waals surface area contributed by atoms with Gasteiger partial charge in [0.15, 0.2) is 9.84 Å². The first-order valence-corrected chi connectivity index (χ1v) is 6.80. The van der Waals surface area contributed by atoms with Crippen LogP contribution in [0.2, 0.25) is 0 Å². The third-order valence-electron chi connectivity index (χ3n) is 2.27. The predicted octanol–water partition coefficient (Wildman–Crippen LogP) is 2.23. The summed E-state index contributed by atoms with van der Waals surface area (Å²) in [5.74, 6) is 0.190. The lowest BCUT2D eigenvalue weighted by Gasteiger charge is -2.06. The van der Waals surface area contributed by atoms with Gasteiger partial charge in [0, 0.05) is 0 Å². The van der Waals surface area contributed by atoms with Crippen LogP contribution in [0.5, 0.6) is 0 Å². The van der Waals surface area contributed by atoms with Crippen molar-refractivity contribution < 1.29 is 8.42 Å². The fraction of sp³-hybridized carbons (Fsp3) is 0.455. The zero-order valence-corrected chi connectivity index (χ0v) is 9.76. The summed E-state index contributed by atoms with van der Waals surface area (Å²) in [5, 5.41) is 0. The molecule has 0 aliphatic heterocycles. The van der Waals surface area contributed by atoms with Crippen molar-refractivity contribution in [3.63, 3.8) is 0 Å². The van der Waals surface area contributed by atoms with Crippen LogP contribution in [-0.4, -0.2) is 14.2 Å². The van der Waals surface area contributed by atoms with E-state index in [0.717, 1.165) is 12.8 Å². The Hall–Kier alpha value is -1.03. The van der Waals surface area contributed by atoms with E-state index in [4.69, 9.17) is 5.73 Å². The molecule has 0 aromatic heterocycles. The van der Waals surface area contributed by atoms with Crippen LogP contribution in [0.15, 0.2) is 29.2 Å². The van der Waals surface area contributed by atoms with Gasteiger partial charge in [-0.1, -0.05) is 31.9 Å². The van der Waals surface area contributed by atoms with E-state index in [-0.39, 0.29) is 10.6 Å². The monoisotopic (exact) mass is 227 g/mol. The van der Waals surface area contributed by atoms with E-state index in [0.29, 0.717) is 12.1 Å². The maximum Gasteiger partial charge on any atom is 0.180 e. The van der Waals surface area contributed by atoms with Crippen molar-refractivity contribution in [3.05, 3.63) is 24.3 Å². The topological polar surface area (TPSA) is 60.2 Å². The van der Waals surface area contributed by atoms with Gasteiger partial charge in [0.25, 0.3) is 0 Å². The van der Waals surface area contributed by atoms with E-state index in [2.05, 4.69) is 0 Å². The van der Waals surface area contributed by atoms with Crippen LogP contribution in [0.25, 0.3) is 0 Å². The normalized spacial score (nSPS) is 11.5. The third kappa shape index (κ3) is 3.23. The second kappa shape index (κ2) is 5.16. The minimum absolute atomic E-state index is 0.190. The van der Waals surface area contributed by atoms with Crippen molar-refractivity contribution >= 4 is 15.5 Å². The van der Waals surface area contributed by atoms with Crippen molar-refractivity contribution in [1.82, 2.24) is 0 Å². The molecular weight excluding hydrogens is 210 g/mol. The lowest BCUT2D eigenvalue weighted by Crippen LogP contribution is -2.09. The Kier molecular flexibility index (Phi) is 4.15. The summed E-state index contributed by atoms with van der Waals surface area (Å²) in [6, 6.07) is 6.62. The zero-order chi connectivity index (χ0) is 11.3. The van der Waals surface area contributed by atoms with Gasteiger partial charge in [0.2, 0.25) is 0 Å². The lowest BCUT2D eigenvalue weighted by molar-refractivity contribution is 0.591. The number of anilines is 1. The molecule has 1 aromatic rings. The molecule has 0 heterocycles. The summed E-state index contributed by atoms with van der Waals surface area (Å²) in [4.78, 5) is 0.265.